The summed E-state index contributed by atoms with van der Waals surface area (Å²) >= 11 is 0. The number of benzene rings is 3. The minimum Gasteiger partial charge on any atom is -0.504 e. The van der Waals surface area contributed by atoms with E-state index in [9.17, 15) is 14.7 Å². The van der Waals surface area contributed by atoms with E-state index in [0.717, 1.165) is 16.5 Å². The minimum atomic E-state index is -0.635. The fourth-order valence-electron chi connectivity index (χ4n) is 3.15. The molecular weight excluding hydrogens is 382 g/mol. The summed E-state index contributed by atoms with van der Waals surface area (Å²) in [5.74, 6) is -0.628. The molecule has 3 aromatic rings. The van der Waals surface area contributed by atoms with Crippen molar-refractivity contribution in [3.63, 3.8) is 0 Å². The average Bonchev–Trinajstić information content (AvgIpc) is 2.77. The number of carbonyl (C=O) groups is 2. The quantitative estimate of drug-likeness (QED) is 0.472. The number of carbonyl (C=O) groups excluding carboxylic acids is 2. The lowest BCUT2D eigenvalue weighted by molar-refractivity contribution is -0.142. The normalized spacial score (nSPS) is 10.9. The SMILES string of the molecule is CCN(C(=O)COC(=O)C=Cc1ccc(O)c(OC)c1)c1cccc2ccccc12. The molecule has 0 heterocycles. The summed E-state index contributed by atoms with van der Waals surface area (Å²) in [5.41, 5.74) is 1.43. The standard InChI is InChI=1S/C24H23NO5/c1-3-25(20-10-6-8-18-7-4-5-9-19(18)20)23(27)16-30-24(28)14-12-17-11-13-21(26)22(15-17)29-2/h4-15,26H,3,16H2,1-2H3. The number of nitrogens with zero attached hydrogens (tertiary/aromatic N) is 1. The third kappa shape index (κ3) is 4.78. The first kappa shape index (κ1) is 20.9. The maximum atomic E-state index is 12.7. The Morgan fingerprint density at radius 2 is 1.83 bits per heavy atom. The highest BCUT2D eigenvalue weighted by Crippen LogP contribution is 2.27. The molecule has 0 aliphatic rings. The number of amides is 1. The van der Waals surface area contributed by atoms with E-state index in [-0.39, 0.29) is 18.3 Å². The first-order valence-corrected chi connectivity index (χ1v) is 9.53. The summed E-state index contributed by atoms with van der Waals surface area (Å²) in [6.45, 7) is 1.96. The zero-order valence-corrected chi connectivity index (χ0v) is 16.9. The Morgan fingerprint density at radius 3 is 2.60 bits per heavy atom. The molecule has 154 valence electrons. The van der Waals surface area contributed by atoms with Crippen molar-refractivity contribution in [1.29, 1.82) is 0 Å². The van der Waals surface area contributed by atoms with Gasteiger partial charge in [-0.2, -0.15) is 0 Å². The van der Waals surface area contributed by atoms with Gasteiger partial charge >= 0.3 is 5.97 Å². The van der Waals surface area contributed by atoms with Crippen molar-refractivity contribution < 1.29 is 24.2 Å². The predicted octanol–water partition coefficient (Wildman–Crippen LogP) is 4.16. The van der Waals surface area contributed by atoms with Crippen LogP contribution >= 0.6 is 0 Å². The van der Waals surface area contributed by atoms with Crippen LogP contribution in [-0.4, -0.2) is 37.2 Å². The predicted molar refractivity (Wildman–Crippen MR) is 117 cm³/mol. The van der Waals surface area contributed by atoms with E-state index in [1.54, 1.807) is 17.0 Å². The number of ether oxygens (including phenoxy) is 2. The summed E-state index contributed by atoms with van der Waals surface area (Å²) in [4.78, 5) is 26.3. The van der Waals surface area contributed by atoms with Gasteiger partial charge in [0.25, 0.3) is 5.91 Å². The van der Waals surface area contributed by atoms with E-state index in [4.69, 9.17) is 9.47 Å². The zero-order valence-electron chi connectivity index (χ0n) is 16.9. The van der Waals surface area contributed by atoms with Gasteiger partial charge in [-0.1, -0.05) is 42.5 Å². The number of fused-ring (bicyclic) bond motifs is 1. The maximum absolute atomic E-state index is 12.7. The summed E-state index contributed by atoms with van der Waals surface area (Å²) in [6.07, 6.45) is 2.75. The monoisotopic (exact) mass is 405 g/mol. The molecule has 1 amide bonds. The van der Waals surface area contributed by atoms with Gasteiger partial charge in [-0.3, -0.25) is 4.79 Å². The fraction of sp³-hybridized carbons (Fsp3) is 0.167. The highest BCUT2D eigenvalue weighted by molar-refractivity contribution is 6.04. The molecule has 3 aromatic carbocycles. The molecule has 30 heavy (non-hydrogen) atoms. The van der Waals surface area contributed by atoms with Crippen molar-refractivity contribution in [3.05, 3.63) is 72.3 Å². The van der Waals surface area contributed by atoms with Crippen LogP contribution in [0.15, 0.2) is 66.7 Å². The fourth-order valence-corrected chi connectivity index (χ4v) is 3.15. The molecule has 3 rings (SSSR count). The molecule has 0 fully saturated rings. The molecule has 0 aliphatic heterocycles. The molecule has 1 N–H and O–H groups in total. The third-order valence-corrected chi connectivity index (χ3v) is 4.63. The lowest BCUT2D eigenvalue weighted by Crippen LogP contribution is -2.34. The summed E-state index contributed by atoms with van der Waals surface area (Å²) in [7, 11) is 1.44. The number of phenols is 1. The Morgan fingerprint density at radius 1 is 1.07 bits per heavy atom. The first-order chi connectivity index (χ1) is 14.5. The van der Waals surface area contributed by atoms with Crippen molar-refractivity contribution in [1.82, 2.24) is 0 Å². The molecule has 0 unspecified atom stereocenters. The van der Waals surface area contributed by atoms with Crippen LogP contribution in [0.5, 0.6) is 11.5 Å². The van der Waals surface area contributed by atoms with Crippen molar-refractivity contribution in [3.8, 4) is 11.5 Å². The number of hydrogen-bond acceptors (Lipinski definition) is 5. The number of rotatable bonds is 7. The maximum Gasteiger partial charge on any atom is 0.331 e. The first-order valence-electron chi connectivity index (χ1n) is 9.53. The van der Waals surface area contributed by atoms with Gasteiger partial charge in [0.2, 0.25) is 0 Å². The number of phenolic OH excluding ortho intramolecular Hbond substituents is 1. The molecule has 0 saturated carbocycles. The Kier molecular flexibility index (Phi) is 6.70. The lowest BCUT2D eigenvalue weighted by atomic mass is 10.1. The van der Waals surface area contributed by atoms with E-state index in [2.05, 4.69) is 0 Å². The molecular formula is C24H23NO5. The van der Waals surface area contributed by atoms with Gasteiger partial charge in [-0.25, -0.2) is 4.79 Å². The Balaban J connectivity index is 1.65. The van der Waals surface area contributed by atoms with Crippen molar-refractivity contribution in [2.75, 3.05) is 25.2 Å². The van der Waals surface area contributed by atoms with E-state index in [0.29, 0.717) is 17.9 Å². The van der Waals surface area contributed by atoms with Crippen molar-refractivity contribution >= 4 is 34.4 Å². The Hall–Kier alpha value is -3.80. The van der Waals surface area contributed by atoms with E-state index in [1.165, 1.54) is 25.3 Å². The lowest BCUT2D eigenvalue weighted by Gasteiger charge is -2.22. The van der Waals surface area contributed by atoms with Crippen LogP contribution in [0, 0.1) is 0 Å². The molecule has 6 nitrogen and oxygen atoms in total. The van der Waals surface area contributed by atoms with Crippen molar-refractivity contribution in [2.45, 2.75) is 6.92 Å². The third-order valence-electron chi connectivity index (χ3n) is 4.63. The van der Waals surface area contributed by atoms with Crippen LogP contribution in [0.2, 0.25) is 0 Å². The van der Waals surface area contributed by atoms with Gasteiger partial charge in [0.05, 0.1) is 12.8 Å². The second-order valence-corrected chi connectivity index (χ2v) is 6.51. The summed E-state index contributed by atoms with van der Waals surface area (Å²) < 4.78 is 10.2. The molecule has 0 aliphatic carbocycles. The van der Waals surface area contributed by atoms with Gasteiger partial charge in [0.15, 0.2) is 18.1 Å². The van der Waals surface area contributed by atoms with Crippen LogP contribution in [0.4, 0.5) is 5.69 Å². The van der Waals surface area contributed by atoms with E-state index < -0.39 is 5.97 Å². The molecule has 0 spiro atoms. The zero-order chi connectivity index (χ0) is 21.5. The number of methoxy groups -OCH3 is 1. The van der Waals surface area contributed by atoms with Crippen LogP contribution in [0.25, 0.3) is 16.8 Å². The topological polar surface area (TPSA) is 76.1 Å². The second kappa shape index (κ2) is 9.60. The molecule has 0 radical (unpaired) electrons. The highest BCUT2D eigenvalue weighted by atomic mass is 16.5. The van der Waals surface area contributed by atoms with Crippen LogP contribution in [-0.2, 0) is 14.3 Å². The number of hydrogen-bond donors (Lipinski definition) is 1. The van der Waals surface area contributed by atoms with Crippen LogP contribution in [0.1, 0.15) is 12.5 Å². The molecule has 0 saturated heterocycles. The van der Waals surface area contributed by atoms with Gasteiger partial charge in [-0.05, 0) is 42.1 Å². The molecule has 6 heteroatoms. The average molecular weight is 405 g/mol. The van der Waals surface area contributed by atoms with Gasteiger partial charge in [0, 0.05) is 18.0 Å². The number of anilines is 1. The van der Waals surface area contributed by atoms with Crippen LogP contribution in [0.3, 0.4) is 0 Å². The molecule has 0 atom stereocenters. The smallest absolute Gasteiger partial charge is 0.331 e. The summed E-state index contributed by atoms with van der Waals surface area (Å²) in [6, 6.07) is 18.3. The van der Waals surface area contributed by atoms with E-state index >= 15 is 0 Å². The second-order valence-electron chi connectivity index (χ2n) is 6.51. The largest absolute Gasteiger partial charge is 0.504 e. The van der Waals surface area contributed by atoms with E-state index in [1.807, 2.05) is 49.4 Å². The summed E-state index contributed by atoms with van der Waals surface area (Å²) in [5, 5.41) is 11.6. The van der Waals surface area contributed by atoms with Gasteiger partial charge < -0.3 is 19.5 Å². The van der Waals surface area contributed by atoms with Crippen LogP contribution < -0.4 is 9.64 Å². The minimum absolute atomic E-state index is 0.0101. The Labute approximate surface area is 175 Å². The number of aromatic hydroxyl groups is 1. The Bertz CT molecular complexity index is 1080. The molecule has 0 bridgehead atoms. The molecule has 0 aromatic heterocycles. The number of likely N-dealkylation sites (N-methyl/N-ethyl adjacent to an activating group) is 1. The van der Waals surface area contributed by atoms with Crippen molar-refractivity contribution in [2.24, 2.45) is 0 Å². The number of esters is 1. The van der Waals surface area contributed by atoms with Gasteiger partial charge in [-0.15, -0.1) is 0 Å². The highest BCUT2D eigenvalue weighted by Gasteiger charge is 2.17. The van der Waals surface area contributed by atoms with Gasteiger partial charge in [0.1, 0.15) is 0 Å².